The first-order valence-corrected chi connectivity index (χ1v) is 9.49. The molecule has 1 aliphatic heterocycles. The largest absolute Gasteiger partial charge is 0.346 e. The van der Waals surface area contributed by atoms with Gasteiger partial charge in [0.05, 0.1) is 10.9 Å². The Hall–Kier alpha value is -1.56. The van der Waals surface area contributed by atoms with Gasteiger partial charge in [0.15, 0.2) is 0 Å². The van der Waals surface area contributed by atoms with Crippen LogP contribution < -0.4 is 4.90 Å². The maximum absolute atomic E-state index is 12.9. The summed E-state index contributed by atoms with van der Waals surface area (Å²) in [5.41, 5.74) is 0.865. The number of anilines is 1. The van der Waals surface area contributed by atoms with Crippen molar-refractivity contribution in [2.24, 2.45) is 5.92 Å². The third kappa shape index (κ3) is 4.50. The van der Waals surface area contributed by atoms with Gasteiger partial charge >= 0.3 is 0 Å². The summed E-state index contributed by atoms with van der Waals surface area (Å²) in [7, 11) is 1.81. The summed E-state index contributed by atoms with van der Waals surface area (Å²) < 4.78 is 0. The molecule has 1 aromatic rings. The Labute approximate surface area is 148 Å². The van der Waals surface area contributed by atoms with E-state index in [1.54, 1.807) is 16.0 Å². The lowest BCUT2D eigenvalue weighted by atomic mass is 10.1. The van der Waals surface area contributed by atoms with Crippen molar-refractivity contribution in [3.8, 4) is 0 Å². The van der Waals surface area contributed by atoms with Crippen molar-refractivity contribution in [3.63, 3.8) is 0 Å². The molecule has 0 aliphatic carbocycles. The minimum absolute atomic E-state index is 0.0199. The van der Waals surface area contributed by atoms with Gasteiger partial charge < -0.3 is 9.80 Å². The van der Waals surface area contributed by atoms with Gasteiger partial charge in [-0.2, -0.15) is 0 Å². The molecule has 0 unspecified atom stereocenters. The quantitative estimate of drug-likeness (QED) is 0.758. The molecule has 0 saturated heterocycles. The Morgan fingerprint density at radius 3 is 2.88 bits per heavy atom. The van der Waals surface area contributed by atoms with Gasteiger partial charge in [-0.25, -0.2) is 4.98 Å². The molecule has 1 atom stereocenters. The summed E-state index contributed by atoms with van der Waals surface area (Å²) in [6, 6.07) is 3.78. The number of carbonyl (C=O) groups is 2. The Kier molecular flexibility index (Phi) is 6.66. The molecule has 0 saturated carbocycles. The second-order valence-corrected chi connectivity index (χ2v) is 7.84. The Balaban J connectivity index is 2.14. The van der Waals surface area contributed by atoms with Crippen molar-refractivity contribution >= 4 is 29.3 Å². The lowest BCUT2D eigenvalue weighted by Crippen LogP contribution is -2.45. The molecule has 0 bridgehead atoms. The van der Waals surface area contributed by atoms with E-state index in [0.717, 1.165) is 30.1 Å². The molecule has 1 aromatic heterocycles. The maximum Gasteiger partial charge on any atom is 0.241 e. The summed E-state index contributed by atoms with van der Waals surface area (Å²) in [5, 5.41) is 0.453. The molecule has 1 aliphatic rings. The Morgan fingerprint density at radius 1 is 1.46 bits per heavy atom. The van der Waals surface area contributed by atoms with E-state index in [0.29, 0.717) is 12.5 Å². The monoisotopic (exact) mass is 349 g/mol. The predicted octanol–water partition coefficient (Wildman–Crippen LogP) is 3.19. The van der Waals surface area contributed by atoms with Gasteiger partial charge in [-0.05, 0) is 24.5 Å². The highest BCUT2D eigenvalue weighted by molar-refractivity contribution is 8.00. The maximum atomic E-state index is 12.9. The van der Waals surface area contributed by atoms with E-state index in [1.165, 1.54) is 11.8 Å². The zero-order valence-corrected chi connectivity index (χ0v) is 15.8. The van der Waals surface area contributed by atoms with E-state index < -0.39 is 0 Å². The summed E-state index contributed by atoms with van der Waals surface area (Å²) >= 11 is 1.42. The summed E-state index contributed by atoms with van der Waals surface area (Å²) in [6.07, 6.45) is 4.00. The third-order valence-electron chi connectivity index (χ3n) is 4.02. The van der Waals surface area contributed by atoms with Crippen molar-refractivity contribution in [1.82, 2.24) is 9.88 Å². The fourth-order valence-electron chi connectivity index (χ4n) is 2.67. The van der Waals surface area contributed by atoms with Gasteiger partial charge in [0.2, 0.25) is 11.8 Å². The van der Waals surface area contributed by atoms with Crippen LogP contribution in [0.25, 0.3) is 0 Å². The molecule has 2 amide bonds. The minimum Gasteiger partial charge on any atom is -0.346 e. The van der Waals surface area contributed by atoms with E-state index >= 15 is 0 Å². The highest BCUT2D eigenvalue weighted by Crippen LogP contribution is 2.39. The number of aromatic nitrogens is 1. The van der Waals surface area contributed by atoms with Crippen LogP contribution in [0.3, 0.4) is 0 Å². The average molecular weight is 350 g/mol. The standard InChI is InChI=1S/C18H27N3O2S/c1-5-6-10-20(4)16(22)11-15-18(23)21(12-13(2)3)14-8-7-9-19-17(14)24-15/h7-9,13,15H,5-6,10-12H2,1-4H3/t15-/m1/s1. The van der Waals surface area contributed by atoms with Crippen LogP contribution in [0.2, 0.25) is 0 Å². The fourth-order valence-corrected chi connectivity index (χ4v) is 3.82. The van der Waals surface area contributed by atoms with Crippen LogP contribution >= 0.6 is 11.8 Å². The van der Waals surface area contributed by atoms with Crippen LogP contribution in [0.5, 0.6) is 0 Å². The molecule has 0 fully saturated rings. The van der Waals surface area contributed by atoms with E-state index in [-0.39, 0.29) is 23.5 Å². The van der Waals surface area contributed by atoms with Gasteiger partial charge in [-0.3, -0.25) is 9.59 Å². The molecule has 132 valence electrons. The average Bonchev–Trinajstić information content (AvgIpc) is 2.55. The molecule has 0 radical (unpaired) electrons. The number of pyridine rings is 1. The number of carbonyl (C=O) groups excluding carboxylic acids is 2. The van der Waals surface area contributed by atoms with E-state index in [4.69, 9.17) is 0 Å². The number of nitrogens with zero attached hydrogens (tertiary/aromatic N) is 3. The Morgan fingerprint density at radius 2 is 2.21 bits per heavy atom. The normalized spacial score (nSPS) is 17.1. The summed E-state index contributed by atoms with van der Waals surface area (Å²) in [5.74, 6) is 0.401. The number of amides is 2. The van der Waals surface area contributed by atoms with Crippen LogP contribution in [0.1, 0.15) is 40.0 Å². The van der Waals surface area contributed by atoms with Gasteiger partial charge in [0.1, 0.15) is 5.03 Å². The highest BCUT2D eigenvalue weighted by Gasteiger charge is 2.36. The van der Waals surface area contributed by atoms with Crippen molar-refractivity contribution in [1.29, 1.82) is 0 Å². The molecule has 0 N–H and O–H groups in total. The molecule has 0 spiro atoms. The summed E-state index contributed by atoms with van der Waals surface area (Å²) in [6.45, 7) is 7.67. The van der Waals surface area contributed by atoms with Crippen molar-refractivity contribution in [2.75, 3.05) is 25.0 Å². The lowest BCUT2D eigenvalue weighted by molar-refractivity contribution is -0.131. The first kappa shape index (κ1) is 18.8. The molecule has 2 rings (SSSR count). The SMILES string of the molecule is CCCCN(C)C(=O)C[C@H]1Sc2ncccc2N(CC(C)C)C1=O. The fraction of sp³-hybridized carbons (Fsp3) is 0.611. The zero-order chi connectivity index (χ0) is 17.7. The van der Waals surface area contributed by atoms with Crippen LogP contribution in [-0.2, 0) is 9.59 Å². The third-order valence-corrected chi connectivity index (χ3v) is 5.21. The molecule has 2 heterocycles. The topological polar surface area (TPSA) is 53.5 Å². The second-order valence-electron chi connectivity index (χ2n) is 6.65. The molecular formula is C18H27N3O2S. The van der Waals surface area contributed by atoms with Crippen LogP contribution in [0, 0.1) is 5.92 Å². The van der Waals surface area contributed by atoms with Gasteiger partial charge in [-0.1, -0.05) is 39.0 Å². The van der Waals surface area contributed by atoms with Crippen LogP contribution in [-0.4, -0.2) is 47.1 Å². The second kappa shape index (κ2) is 8.51. The van der Waals surface area contributed by atoms with Crippen molar-refractivity contribution in [2.45, 2.75) is 50.3 Å². The number of thioether (sulfide) groups is 1. The predicted molar refractivity (Wildman–Crippen MR) is 98.2 cm³/mol. The number of fused-ring (bicyclic) bond motifs is 1. The first-order chi connectivity index (χ1) is 11.4. The lowest BCUT2D eigenvalue weighted by Gasteiger charge is -2.34. The van der Waals surface area contributed by atoms with E-state index in [2.05, 4.69) is 25.8 Å². The zero-order valence-electron chi connectivity index (χ0n) is 15.0. The highest BCUT2D eigenvalue weighted by atomic mass is 32.2. The minimum atomic E-state index is -0.386. The molecular weight excluding hydrogens is 322 g/mol. The van der Waals surface area contributed by atoms with Gasteiger partial charge in [0, 0.05) is 32.8 Å². The Bertz CT molecular complexity index is 591. The molecule has 5 nitrogen and oxygen atoms in total. The smallest absolute Gasteiger partial charge is 0.241 e. The number of unbranched alkanes of at least 4 members (excludes halogenated alkanes) is 1. The van der Waals surface area contributed by atoms with Crippen molar-refractivity contribution in [3.05, 3.63) is 18.3 Å². The van der Waals surface area contributed by atoms with E-state index in [1.807, 2.05) is 19.2 Å². The molecule has 6 heteroatoms. The number of rotatable bonds is 7. The van der Waals surface area contributed by atoms with Crippen molar-refractivity contribution < 1.29 is 9.59 Å². The first-order valence-electron chi connectivity index (χ1n) is 8.61. The van der Waals surface area contributed by atoms with Gasteiger partial charge in [-0.15, -0.1) is 0 Å². The van der Waals surface area contributed by atoms with Crippen LogP contribution in [0.4, 0.5) is 5.69 Å². The molecule has 24 heavy (non-hydrogen) atoms. The van der Waals surface area contributed by atoms with E-state index in [9.17, 15) is 9.59 Å². The molecule has 0 aromatic carbocycles. The summed E-state index contributed by atoms with van der Waals surface area (Å²) in [4.78, 5) is 33.3. The van der Waals surface area contributed by atoms with Gasteiger partial charge in [0.25, 0.3) is 0 Å². The number of hydrogen-bond donors (Lipinski definition) is 0. The number of hydrogen-bond acceptors (Lipinski definition) is 4. The van der Waals surface area contributed by atoms with Crippen LogP contribution in [0.15, 0.2) is 23.4 Å².